The fourth-order valence-corrected chi connectivity index (χ4v) is 7.68. The average Bonchev–Trinajstić information content (AvgIpc) is 2.88. The Morgan fingerprint density at radius 1 is 0.237 bits per heavy atom. The molecule has 0 bridgehead atoms. The summed E-state index contributed by atoms with van der Waals surface area (Å²) >= 11 is 0. The van der Waals surface area contributed by atoms with E-state index in [1.807, 2.05) is 0 Å². The molecule has 0 saturated heterocycles. The minimum atomic E-state index is 1.04. The lowest BCUT2D eigenvalue weighted by Crippen LogP contribution is -2.12. The maximum Gasteiger partial charge on any atom is -0.00148 e. The Balaban J connectivity index is 2.21. The number of benzene rings is 3. The van der Waals surface area contributed by atoms with Crippen molar-refractivity contribution >= 4 is 0 Å². The first-order chi connectivity index (χ1) is 17.9. The number of hydrogen-bond acceptors (Lipinski definition) is 0. The molecule has 0 atom stereocenters. The van der Waals surface area contributed by atoms with Gasteiger partial charge >= 0.3 is 0 Å². The maximum absolute atomic E-state index is 2.38. The van der Waals surface area contributed by atoms with Gasteiger partial charge in [0.15, 0.2) is 0 Å². The van der Waals surface area contributed by atoms with Crippen LogP contribution in [0.4, 0.5) is 0 Å². The van der Waals surface area contributed by atoms with Crippen molar-refractivity contribution < 1.29 is 0 Å². The van der Waals surface area contributed by atoms with E-state index >= 15 is 0 Å². The third-order valence-electron chi connectivity index (χ3n) is 10.5. The van der Waals surface area contributed by atoms with Crippen molar-refractivity contribution in [3.05, 3.63) is 100 Å². The Kier molecular flexibility index (Phi) is 9.39. The summed E-state index contributed by atoms with van der Waals surface area (Å²) in [5.74, 6) is 0. The first kappa shape index (κ1) is 30.2. The summed E-state index contributed by atoms with van der Waals surface area (Å²) in [7, 11) is 0. The molecule has 0 unspecified atom stereocenters. The smallest absolute Gasteiger partial charge is 0.00148 e. The minimum Gasteiger partial charge on any atom is -0.0613 e. The van der Waals surface area contributed by atoms with Crippen molar-refractivity contribution in [2.75, 3.05) is 0 Å². The van der Waals surface area contributed by atoms with E-state index in [2.05, 4.69) is 96.9 Å². The zero-order valence-electron chi connectivity index (χ0n) is 27.2. The molecule has 206 valence electrons. The molecule has 0 fully saturated rings. The Labute approximate surface area is 235 Å². The molecule has 0 aliphatic heterocycles. The molecule has 3 aromatic carbocycles. The molecule has 3 rings (SSSR count). The van der Waals surface area contributed by atoms with Crippen molar-refractivity contribution in [1.29, 1.82) is 0 Å². The van der Waals surface area contributed by atoms with Crippen LogP contribution in [0, 0.1) is 69.2 Å². The van der Waals surface area contributed by atoms with Crippen molar-refractivity contribution in [2.24, 2.45) is 0 Å². The van der Waals surface area contributed by atoms with Gasteiger partial charge in [-0.25, -0.2) is 0 Å². The topological polar surface area (TPSA) is 0 Å². The standard InChI is InChI=1S/C38H54/c1-15-31-21(5)26(10)38(34(18-4)28(31)12)20-36-24(8)22(6)35(23(7)25(36)9)19-37-29(13)32(16-2)27(11)33(17-3)30(37)14/h15-20H2,1-14H3. The van der Waals surface area contributed by atoms with Gasteiger partial charge in [0.2, 0.25) is 0 Å². The Morgan fingerprint density at radius 2 is 0.447 bits per heavy atom. The molecule has 0 spiro atoms. The predicted molar refractivity (Wildman–Crippen MR) is 170 cm³/mol. The number of hydrogen-bond donors (Lipinski definition) is 0. The van der Waals surface area contributed by atoms with Crippen LogP contribution in [-0.4, -0.2) is 0 Å². The third-order valence-corrected chi connectivity index (χ3v) is 10.5. The molecule has 0 heteroatoms. The zero-order valence-corrected chi connectivity index (χ0v) is 27.2. The molecule has 0 aromatic heterocycles. The maximum atomic E-state index is 2.38. The van der Waals surface area contributed by atoms with E-state index in [9.17, 15) is 0 Å². The van der Waals surface area contributed by atoms with Crippen LogP contribution in [0.1, 0.15) is 128 Å². The molecule has 0 heterocycles. The Bertz CT molecular complexity index is 1320. The summed E-state index contributed by atoms with van der Waals surface area (Å²) in [4.78, 5) is 0. The van der Waals surface area contributed by atoms with Gasteiger partial charge in [0.25, 0.3) is 0 Å². The van der Waals surface area contributed by atoms with Crippen LogP contribution in [-0.2, 0) is 38.5 Å². The molecule has 3 aromatic rings. The van der Waals surface area contributed by atoms with Crippen molar-refractivity contribution in [3.63, 3.8) is 0 Å². The first-order valence-electron chi connectivity index (χ1n) is 15.2. The van der Waals surface area contributed by atoms with Gasteiger partial charge in [0.1, 0.15) is 0 Å². The molecule has 0 N–H and O–H groups in total. The molecular formula is C38H54. The number of rotatable bonds is 8. The van der Waals surface area contributed by atoms with E-state index in [4.69, 9.17) is 0 Å². The Morgan fingerprint density at radius 3 is 0.816 bits per heavy atom. The normalized spacial score (nSPS) is 11.5. The second-order valence-corrected chi connectivity index (χ2v) is 11.8. The lowest BCUT2D eigenvalue weighted by atomic mass is 9.78. The van der Waals surface area contributed by atoms with Crippen LogP contribution in [0.3, 0.4) is 0 Å². The Hall–Kier alpha value is -2.34. The quantitative estimate of drug-likeness (QED) is 0.283. The zero-order chi connectivity index (χ0) is 28.6. The highest BCUT2D eigenvalue weighted by atomic mass is 14.3. The lowest BCUT2D eigenvalue weighted by Gasteiger charge is -2.26. The second-order valence-electron chi connectivity index (χ2n) is 11.8. The van der Waals surface area contributed by atoms with Gasteiger partial charge in [0.05, 0.1) is 0 Å². The monoisotopic (exact) mass is 510 g/mol. The molecule has 0 nitrogen and oxygen atoms in total. The molecule has 0 amide bonds. The summed E-state index contributed by atoms with van der Waals surface area (Å²) in [5.41, 5.74) is 27.5. The van der Waals surface area contributed by atoms with Crippen molar-refractivity contribution in [3.8, 4) is 0 Å². The highest BCUT2D eigenvalue weighted by molar-refractivity contribution is 5.59. The first-order valence-corrected chi connectivity index (χ1v) is 15.2. The van der Waals surface area contributed by atoms with Gasteiger partial charge < -0.3 is 0 Å². The lowest BCUT2D eigenvalue weighted by molar-refractivity contribution is 0.943. The van der Waals surface area contributed by atoms with Crippen LogP contribution < -0.4 is 0 Å². The summed E-state index contributed by atoms with van der Waals surface area (Å²) in [5, 5.41) is 0. The van der Waals surface area contributed by atoms with Gasteiger partial charge in [-0.3, -0.25) is 0 Å². The minimum absolute atomic E-state index is 1.04. The van der Waals surface area contributed by atoms with E-state index in [1.165, 1.54) is 55.6 Å². The molecular weight excluding hydrogens is 456 g/mol. The summed E-state index contributed by atoms with van der Waals surface area (Å²) in [6.45, 7) is 32.9. The predicted octanol–water partition coefficient (Wildman–Crippen LogP) is 10.2. The molecule has 0 radical (unpaired) electrons. The fraction of sp³-hybridized carbons (Fsp3) is 0.526. The molecule has 38 heavy (non-hydrogen) atoms. The van der Waals surface area contributed by atoms with Crippen LogP contribution in [0.2, 0.25) is 0 Å². The van der Waals surface area contributed by atoms with Crippen molar-refractivity contribution in [1.82, 2.24) is 0 Å². The van der Waals surface area contributed by atoms with E-state index in [0.29, 0.717) is 0 Å². The van der Waals surface area contributed by atoms with Crippen molar-refractivity contribution in [2.45, 2.75) is 135 Å². The largest absolute Gasteiger partial charge is 0.0613 e. The van der Waals surface area contributed by atoms with Gasteiger partial charge in [-0.2, -0.15) is 0 Å². The van der Waals surface area contributed by atoms with E-state index in [-0.39, 0.29) is 0 Å². The van der Waals surface area contributed by atoms with Crippen LogP contribution in [0.25, 0.3) is 0 Å². The molecule has 0 saturated carbocycles. The highest BCUT2D eigenvalue weighted by Gasteiger charge is 2.22. The van der Waals surface area contributed by atoms with Gasteiger partial charge in [0, 0.05) is 0 Å². The average molecular weight is 511 g/mol. The summed E-state index contributed by atoms with van der Waals surface area (Å²) in [6.07, 6.45) is 6.54. The summed E-state index contributed by atoms with van der Waals surface area (Å²) in [6, 6.07) is 0. The van der Waals surface area contributed by atoms with Gasteiger partial charge in [-0.15, -0.1) is 0 Å². The SMILES string of the molecule is CCc1c(C)c(CC)c(C)c(Cc2c(C)c(C)c(Cc3c(C)c(C)c(CC)c(C)c3CC)c(C)c2C)c1C. The van der Waals surface area contributed by atoms with Gasteiger partial charge in [-0.1, -0.05) is 27.7 Å². The van der Waals surface area contributed by atoms with Crippen LogP contribution >= 0.6 is 0 Å². The molecule has 0 aliphatic carbocycles. The summed E-state index contributed by atoms with van der Waals surface area (Å²) < 4.78 is 0. The van der Waals surface area contributed by atoms with E-state index in [0.717, 1.165) is 38.5 Å². The third kappa shape index (κ3) is 4.89. The highest BCUT2D eigenvalue weighted by Crippen LogP contribution is 2.36. The van der Waals surface area contributed by atoms with Crippen LogP contribution in [0.15, 0.2) is 0 Å². The second kappa shape index (κ2) is 11.8. The van der Waals surface area contributed by atoms with E-state index < -0.39 is 0 Å². The van der Waals surface area contributed by atoms with Crippen LogP contribution in [0.5, 0.6) is 0 Å². The van der Waals surface area contributed by atoms with E-state index in [1.54, 1.807) is 44.5 Å². The molecule has 0 aliphatic rings. The van der Waals surface area contributed by atoms with Gasteiger partial charge in [-0.05, 0) is 208 Å². The fourth-order valence-electron chi connectivity index (χ4n) is 7.68.